The number of hydrogen-bond acceptors (Lipinski definition) is 7. The van der Waals surface area contributed by atoms with Gasteiger partial charge in [-0.15, -0.1) is 0 Å². The maximum atomic E-state index is 10.8. The number of Topliss-reactive ketones (excluding diaryl/α,β-unsaturated/α-hetero) is 3. The van der Waals surface area contributed by atoms with Crippen LogP contribution in [0.4, 0.5) is 0 Å². The number of ketones is 3. The van der Waals surface area contributed by atoms with Crippen LogP contribution in [-0.4, -0.2) is 74.2 Å². The van der Waals surface area contributed by atoms with Gasteiger partial charge in [0.1, 0.15) is 17.9 Å². The van der Waals surface area contributed by atoms with Crippen LogP contribution in [-0.2, 0) is 33.6 Å². The summed E-state index contributed by atoms with van der Waals surface area (Å²) < 4.78 is 0. The van der Waals surface area contributed by atoms with Crippen molar-refractivity contribution in [1.82, 2.24) is 5.32 Å². The number of alkyl halides is 3. The summed E-state index contributed by atoms with van der Waals surface area (Å²) in [5.74, 6) is -2.29. The number of carbonyl (C=O) groups is 7. The molecule has 250 valence electrons. The van der Waals surface area contributed by atoms with Crippen molar-refractivity contribution in [3.05, 3.63) is 0 Å². The van der Waals surface area contributed by atoms with E-state index in [1.165, 1.54) is 20.3 Å². The molecule has 0 saturated heterocycles. The van der Waals surface area contributed by atoms with Gasteiger partial charge in [-0.05, 0) is 33.1 Å². The van der Waals surface area contributed by atoms with Crippen molar-refractivity contribution < 1.29 is 43.8 Å². The summed E-state index contributed by atoms with van der Waals surface area (Å²) in [5.41, 5.74) is 0. The van der Waals surface area contributed by atoms with E-state index in [0.717, 1.165) is 35.1 Å². The van der Waals surface area contributed by atoms with Gasteiger partial charge in [0.05, 0.1) is 19.4 Å². The highest BCUT2D eigenvalue weighted by atomic mass is 79.9. The van der Waals surface area contributed by atoms with Gasteiger partial charge in [-0.1, -0.05) is 84.4 Å². The second kappa shape index (κ2) is 54.6. The van der Waals surface area contributed by atoms with Crippen molar-refractivity contribution in [2.45, 2.75) is 115 Å². The van der Waals surface area contributed by atoms with E-state index in [0.29, 0.717) is 12.8 Å². The Labute approximate surface area is 275 Å². The number of carbonyl (C=O) groups excluding carboxylic acids is 5. The highest BCUT2D eigenvalue weighted by Gasteiger charge is 2.05. The number of amides is 1. The zero-order valence-electron chi connectivity index (χ0n) is 22.2. The molecule has 0 rings (SSSR count). The summed E-state index contributed by atoms with van der Waals surface area (Å²) >= 11 is 9.67. The maximum Gasteiger partial charge on any atom is 0.303 e. The molecule has 1 amide bonds. The van der Waals surface area contributed by atoms with Crippen molar-refractivity contribution in [3.63, 3.8) is 0 Å². The Morgan fingerprint density at radius 3 is 1.24 bits per heavy atom. The van der Waals surface area contributed by atoms with Crippen LogP contribution >= 0.6 is 47.8 Å². The van der Waals surface area contributed by atoms with Gasteiger partial charge in [0.15, 0.2) is 5.78 Å². The number of carboxylic acids is 2. The van der Waals surface area contributed by atoms with Gasteiger partial charge in [-0.25, -0.2) is 0 Å². The number of unbranched alkanes of at least 4 members (excludes halogenated alkanes) is 1. The lowest BCUT2D eigenvalue weighted by Gasteiger charge is -1.98. The van der Waals surface area contributed by atoms with E-state index < -0.39 is 11.9 Å². The molecule has 0 heterocycles. The normalized spacial score (nSPS) is 7.78. The van der Waals surface area contributed by atoms with Crippen LogP contribution in [0.2, 0.25) is 0 Å². The molecule has 0 aromatic carbocycles. The van der Waals surface area contributed by atoms with Gasteiger partial charge in [-0.3, -0.25) is 19.2 Å². The Balaban J connectivity index is -0.0000000453. The van der Waals surface area contributed by atoms with Crippen molar-refractivity contribution in [1.29, 1.82) is 0 Å². The number of halogens is 3. The number of hydrogen-bond donors (Lipinski definition) is 3. The fraction of sp³-hybridized carbons (Fsp3) is 0.750. The van der Waals surface area contributed by atoms with E-state index in [4.69, 9.17) is 10.2 Å². The van der Waals surface area contributed by atoms with Crippen LogP contribution in [0.5, 0.6) is 0 Å². The van der Waals surface area contributed by atoms with Crippen LogP contribution in [0.25, 0.3) is 0 Å². The largest absolute Gasteiger partial charge is 0.481 e. The molecular weight excluding hydrogens is 734 g/mol. The minimum Gasteiger partial charge on any atom is -0.481 e. The van der Waals surface area contributed by atoms with E-state index >= 15 is 0 Å². The van der Waals surface area contributed by atoms with Crippen molar-refractivity contribution in [2.75, 3.05) is 22.5 Å². The Morgan fingerprint density at radius 2 is 1.05 bits per heavy atom. The molecule has 0 aliphatic carbocycles. The Hall–Kier alpha value is -1.47. The zero-order valence-corrected chi connectivity index (χ0v) is 26.9. The number of aliphatic carboxylic acids is 2. The van der Waals surface area contributed by atoms with E-state index in [9.17, 15) is 33.6 Å². The molecule has 13 heteroatoms. The van der Waals surface area contributed by atoms with Crippen LogP contribution < -0.4 is 5.32 Å². The van der Waals surface area contributed by atoms with E-state index in [1.807, 2.05) is 0 Å². The summed E-state index contributed by atoms with van der Waals surface area (Å²) in [6.45, 7) is 6.34. The molecule has 0 spiro atoms. The molecule has 0 aliphatic heterocycles. The number of rotatable bonds is 15. The topological polar surface area (TPSA) is 172 Å². The van der Waals surface area contributed by atoms with Crippen LogP contribution in [0.1, 0.15) is 115 Å². The SMILES string of the molecule is C.C.C.C.CC(=O)CCC(=O)O.CC(=O)CCCBr.CC(=O)NCC(=O)CCC(=O)O.CCCBr.O=CCCCBr. The zero-order chi connectivity index (χ0) is 30.1. The number of aldehydes is 1. The first kappa shape index (κ1) is 63.0. The standard InChI is InChI=1S/C7H11NO4.C5H9BrO.C5H8O3.C4H7BrO.C3H7Br.4CH4/c1-5(9)8-4-6(10)2-3-7(11)12;1-5(7)3-2-4-6;1-4(6)2-3-5(7)8;5-3-1-2-4-6;1-2-3-4;;;;/h2-4H2,1H3,(H,8,9)(H,11,12);2-4H2,1H3;2-3H2,1H3,(H,7,8);4H,1-3H2;2-3H2,1H3;4*1H4. The highest BCUT2D eigenvalue weighted by molar-refractivity contribution is 9.09. The quantitative estimate of drug-likeness (QED) is 0.0866. The van der Waals surface area contributed by atoms with Gasteiger partial charge >= 0.3 is 11.9 Å². The molecule has 0 fully saturated rings. The summed E-state index contributed by atoms with van der Waals surface area (Å²) in [6, 6.07) is 0. The predicted octanol–water partition coefficient (Wildman–Crippen LogP) is 7.44. The maximum absolute atomic E-state index is 10.8. The fourth-order valence-corrected chi connectivity index (χ4v) is 1.92. The molecule has 0 aromatic heterocycles. The molecule has 0 unspecified atom stereocenters. The first-order valence-corrected chi connectivity index (χ1v) is 14.9. The number of carboxylic acid groups (broad SMARTS) is 2. The van der Waals surface area contributed by atoms with Crippen LogP contribution in [0, 0.1) is 0 Å². The second-order valence-electron chi connectivity index (χ2n) is 7.12. The molecule has 0 aromatic rings. The van der Waals surface area contributed by atoms with Crippen LogP contribution in [0.3, 0.4) is 0 Å². The molecule has 0 saturated carbocycles. The first-order valence-electron chi connectivity index (χ1n) is 11.5. The first-order chi connectivity index (χ1) is 17.2. The predicted molar refractivity (Wildman–Crippen MR) is 182 cm³/mol. The summed E-state index contributed by atoms with van der Waals surface area (Å²) in [6.07, 6.45) is 5.38. The average Bonchev–Trinajstić information content (AvgIpc) is 2.83. The molecule has 0 aliphatic rings. The van der Waals surface area contributed by atoms with Crippen molar-refractivity contribution in [2.24, 2.45) is 0 Å². The smallest absolute Gasteiger partial charge is 0.303 e. The molecule has 10 nitrogen and oxygen atoms in total. The lowest BCUT2D eigenvalue weighted by molar-refractivity contribution is -0.139. The minimum atomic E-state index is -1.01. The monoisotopic (exact) mass is 789 g/mol. The average molecular weight is 792 g/mol. The Bertz CT molecular complexity index is 597. The summed E-state index contributed by atoms with van der Waals surface area (Å²) in [7, 11) is 0. The Kier molecular flexibility index (Phi) is 83.8. The second-order valence-corrected chi connectivity index (χ2v) is 9.50. The third kappa shape index (κ3) is 111. The molecule has 41 heavy (non-hydrogen) atoms. The number of nitrogens with one attached hydrogen (secondary N) is 1. The molecule has 0 atom stereocenters. The molecule has 0 radical (unpaired) electrons. The third-order valence-corrected chi connectivity index (χ3v) is 5.06. The van der Waals surface area contributed by atoms with E-state index in [1.54, 1.807) is 6.92 Å². The fourth-order valence-electron chi connectivity index (χ4n) is 1.32. The van der Waals surface area contributed by atoms with Gasteiger partial charge in [-0.2, -0.15) is 0 Å². The van der Waals surface area contributed by atoms with Gasteiger partial charge in [0.2, 0.25) is 5.91 Å². The van der Waals surface area contributed by atoms with Crippen LogP contribution in [0.15, 0.2) is 0 Å². The van der Waals surface area contributed by atoms with E-state index in [-0.39, 0.29) is 85.2 Å². The molecular formula is C28H58Br3NO9. The lowest BCUT2D eigenvalue weighted by atomic mass is 10.2. The van der Waals surface area contributed by atoms with Crippen molar-refractivity contribution in [3.8, 4) is 0 Å². The van der Waals surface area contributed by atoms with Crippen molar-refractivity contribution >= 4 is 89.3 Å². The molecule has 3 N–H and O–H groups in total. The van der Waals surface area contributed by atoms with Gasteiger partial charge < -0.3 is 29.9 Å². The lowest BCUT2D eigenvalue weighted by Crippen LogP contribution is -2.27. The third-order valence-electron chi connectivity index (χ3n) is 3.15. The van der Waals surface area contributed by atoms with E-state index in [2.05, 4.69) is 60.0 Å². The summed E-state index contributed by atoms with van der Waals surface area (Å²) in [5, 5.41) is 21.5. The summed E-state index contributed by atoms with van der Waals surface area (Å²) in [4.78, 5) is 70.6. The Morgan fingerprint density at radius 1 is 0.659 bits per heavy atom. The highest BCUT2D eigenvalue weighted by Crippen LogP contribution is 1.93. The minimum absolute atomic E-state index is 0. The van der Waals surface area contributed by atoms with Gasteiger partial charge in [0, 0.05) is 48.6 Å². The van der Waals surface area contributed by atoms with Gasteiger partial charge in [0.25, 0.3) is 0 Å². The molecule has 0 bridgehead atoms.